The van der Waals surface area contributed by atoms with Gasteiger partial charge < -0.3 is 38.3 Å². The fraction of sp³-hybridized carbons (Fsp3) is 0.513. The molecule has 0 spiro atoms. The summed E-state index contributed by atoms with van der Waals surface area (Å²) in [5.74, 6) is -7.33. The fourth-order valence-electron chi connectivity index (χ4n) is 6.80. The number of carbonyl (C=O) groups is 1. The van der Waals surface area contributed by atoms with Crippen molar-refractivity contribution < 1.29 is 51.8 Å². The highest BCUT2D eigenvalue weighted by Crippen LogP contribution is 2.53. The molecule has 0 bridgehead atoms. The van der Waals surface area contributed by atoms with Crippen LogP contribution in [0.5, 0.6) is 0 Å². The van der Waals surface area contributed by atoms with Gasteiger partial charge in [-0.1, -0.05) is 91.0 Å². The van der Waals surface area contributed by atoms with Gasteiger partial charge in [0.25, 0.3) is 5.79 Å². The van der Waals surface area contributed by atoms with Crippen LogP contribution in [-0.2, 0) is 53.0 Å². The third kappa shape index (κ3) is 7.97. The minimum atomic E-state index is -4.07. The minimum absolute atomic E-state index is 0.0362. The van der Waals surface area contributed by atoms with Gasteiger partial charge in [-0.05, 0) is 51.3 Å². The molecular weight excluding hydrogens is 664 g/mol. The predicted molar refractivity (Wildman–Crippen MR) is 181 cm³/mol. The van der Waals surface area contributed by atoms with Gasteiger partial charge in [0, 0.05) is 0 Å². The van der Waals surface area contributed by atoms with Crippen LogP contribution in [0.25, 0.3) is 0 Å². The van der Waals surface area contributed by atoms with Crippen molar-refractivity contribution in [2.75, 3.05) is 13.2 Å². The first-order valence-corrected chi connectivity index (χ1v) is 17.2. The van der Waals surface area contributed by atoms with Crippen molar-refractivity contribution in [2.24, 2.45) is 0 Å². The van der Waals surface area contributed by atoms with Crippen molar-refractivity contribution in [1.82, 2.24) is 4.90 Å². The molecule has 1 amide bonds. The molecular formula is C39H47F2NO9. The van der Waals surface area contributed by atoms with E-state index in [1.54, 1.807) is 20.8 Å². The summed E-state index contributed by atoms with van der Waals surface area (Å²) < 4.78 is 76.6. The van der Waals surface area contributed by atoms with Gasteiger partial charge in [-0.25, -0.2) is 4.79 Å². The summed E-state index contributed by atoms with van der Waals surface area (Å²) in [7, 11) is 0. The highest BCUT2D eigenvalue weighted by atomic mass is 19.3. The van der Waals surface area contributed by atoms with Crippen LogP contribution < -0.4 is 0 Å². The lowest BCUT2D eigenvalue weighted by Crippen LogP contribution is -2.66. The maximum absolute atomic E-state index is 17.0. The molecule has 51 heavy (non-hydrogen) atoms. The van der Waals surface area contributed by atoms with Crippen LogP contribution in [0.15, 0.2) is 91.0 Å². The molecule has 0 radical (unpaired) electrons. The molecule has 12 heteroatoms. The number of ether oxygens (including phenoxy) is 7. The van der Waals surface area contributed by atoms with Crippen LogP contribution in [-0.4, -0.2) is 88.9 Å². The first-order valence-electron chi connectivity index (χ1n) is 17.2. The molecule has 0 aromatic heterocycles. The van der Waals surface area contributed by atoms with Crippen LogP contribution in [0.4, 0.5) is 13.6 Å². The SMILES string of the molecule is CC(C)(C)OC(=O)N1[C@@H](C2(O)O[C@@H]3[C@@H](OCc4ccccc4)[C@@H](OCc4ccccc4)[C@@H](COCc4ccccc4)O[C@@H]3C2(F)F)COC1(C)C. The lowest BCUT2D eigenvalue weighted by atomic mass is 9.89. The van der Waals surface area contributed by atoms with E-state index < -0.39 is 72.3 Å². The monoisotopic (exact) mass is 711 g/mol. The molecule has 1 N–H and O–H groups in total. The van der Waals surface area contributed by atoms with Crippen molar-refractivity contribution >= 4 is 6.09 Å². The third-order valence-corrected chi connectivity index (χ3v) is 9.28. The lowest BCUT2D eigenvalue weighted by molar-refractivity contribution is -0.310. The van der Waals surface area contributed by atoms with E-state index in [0.717, 1.165) is 21.6 Å². The Labute approximate surface area is 297 Å². The summed E-state index contributed by atoms with van der Waals surface area (Å²) in [6.45, 7) is 7.83. The van der Waals surface area contributed by atoms with E-state index in [1.807, 2.05) is 91.0 Å². The van der Waals surface area contributed by atoms with Gasteiger partial charge in [-0.3, -0.25) is 4.90 Å². The molecule has 3 aromatic rings. The number of hydrogen-bond acceptors (Lipinski definition) is 9. The van der Waals surface area contributed by atoms with Gasteiger partial charge in [0.2, 0.25) is 0 Å². The van der Waals surface area contributed by atoms with E-state index in [2.05, 4.69) is 0 Å². The maximum Gasteiger partial charge on any atom is 0.413 e. The van der Waals surface area contributed by atoms with Gasteiger partial charge in [-0.2, -0.15) is 8.78 Å². The number of nitrogens with zero attached hydrogens (tertiary/aromatic N) is 1. The molecule has 3 aromatic carbocycles. The standard InChI is InChI=1S/C39H47F2NO9/c1-36(2,3)51-35(43)42-30(25-48-37(42,4)5)39(44)38(40,41)34-33(50-39)32(47-23-28-19-13-8-14-20-28)31(46-22-27-17-11-7-12-18-27)29(49-34)24-45-21-26-15-9-6-10-16-26/h6-20,29-34,44H,21-25H2,1-5H3/t29-,30-,31+,32+,33-,34+,39?/m1/s1. The van der Waals surface area contributed by atoms with E-state index in [1.165, 1.54) is 13.8 Å². The molecule has 7 atom stereocenters. The van der Waals surface area contributed by atoms with Crippen molar-refractivity contribution in [1.29, 1.82) is 0 Å². The third-order valence-electron chi connectivity index (χ3n) is 9.28. The van der Waals surface area contributed by atoms with E-state index in [4.69, 9.17) is 33.2 Å². The second kappa shape index (κ2) is 14.9. The van der Waals surface area contributed by atoms with Gasteiger partial charge in [-0.15, -0.1) is 0 Å². The van der Waals surface area contributed by atoms with Gasteiger partial charge in [0.15, 0.2) is 6.10 Å². The Balaban J connectivity index is 1.35. The average molecular weight is 712 g/mol. The summed E-state index contributed by atoms with van der Waals surface area (Å²) in [4.78, 5) is 14.5. The number of aliphatic hydroxyl groups is 1. The highest BCUT2D eigenvalue weighted by molar-refractivity contribution is 5.70. The Morgan fingerprint density at radius 2 is 1.35 bits per heavy atom. The zero-order chi connectivity index (χ0) is 36.4. The molecule has 3 fully saturated rings. The van der Waals surface area contributed by atoms with Crippen molar-refractivity contribution in [3.8, 4) is 0 Å². The lowest BCUT2D eigenvalue weighted by Gasteiger charge is -2.43. The molecule has 0 aliphatic carbocycles. The van der Waals surface area contributed by atoms with Gasteiger partial charge >= 0.3 is 12.0 Å². The molecule has 276 valence electrons. The summed E-state index contributed by atoms with van der Waals surface area (Å²) >= 11 is 0. The topological polar surface area (TPSA) is 105 Å². The maximum atomic E-state index is 17.0. The van der Waals surface area contributed by atoms with E-state index in [-0.39, 0.29) is 26.4 Å². The number of carbonyl (C=O) groups excluding carboxylic acids is 1. The zero-order valence-electron chi connectivity index (χ0n) is 29.6. The van der Waals surface area contributed by atoms with Crippen molar-refractivity contribution in [2.45, 2.75) is 114 Å². The Kier molecular flexibility index (Phi) is 10.9. The quantitative estimate of drug-likeness (QED) is 0.248. The minimum Gasteiger partial charge on any atom is -0.444 e. The predicted octanol–water partition coefficient (Wildman–Crippen LogP) is 6.24. The number of fused-ring (bicyclic) bond motifs is 1. The summed E-state index contributed by atoms with van der Waals surface area (Å²) in [6, 6.07) is 26.4. The van der Waals surface area contributed by atoms with Crippen LogP contribution in [0.2, 0.25) is 0 Å². The number of alkyl halides is 2. The van der Waals surface area contributed by atoms with Crippen molar-refractivity contribution in [3.05, 3.63) is 108 Å². The summed E-state index contributed by atoms with van der Waals surface area (Å²) in [6.07, 6.45) is -7.66. The number of rotatable bonds is 11. The van der Waals surface area contributed by atoms with Crippen LogP contribution in [0.1, 0.15) is 51.3 Å². The molecule has 3 aliphatic heterocycles. The first-order chi connectivity index (χ1) is 24.2. The van der Waals surface area contributed by atoms with Crippen LogP contribution in [0.3, 0.4) is 0 Å². The summed E-state index contributed by atoms with van der Waals surface area (Å²) in [5.41, 5.74) is 0.167. The van der Waals surface area contributed by atoms with Gasteiger partial charge in [0.1, 0.15) is 41.8 Å². The Hall–Kier alpha value is -3.49. The Bertz CT molecular complexity index is 1590. The first kappa shape index (κ1) is 37.3. The molecule has 3 aliphatic rings. The largest absolute Gasteiger partial charge is 0.444 e. The Morgan fingerprint density at radius 1 is 0.843 bits per heavy atom. The number of benzene rings is 3. The van der Waals surface area contributed by atoms with E-state index in [9.17, 15) is 9.90 Å². The smallest absolute Gasteiger partial charge is 0.413 e. The Morgan fingerprint density at radius 3 is 1.88 bits per heavy atom. The molecule has 1 unspecified atom stereocenters. The molecule has 6 rings (SSSR count). The van der Waals surface area contributed by atoms with E-state index >= 15 is 8.78 Å². The second-order valence-electron chi connectivity index (χ2n) is 14.6. The number of amides is 1. The van der Waals surface area contributed by atoms with Gasteiger partial charge in [0.05, 0.1) is 33.0 Å². The molecule has 10 nitrogen and oxygen atoms in total. The molecule has 3 heterocycles. The average Bonchev–Trinajstić information content (AvgIpc) is 3.52. The highest BCUT2D eigenvalue weighted by Gasteiger charge is 2.78. The fourth-order valence-corrected chi connectivity index (χ4v) is 6.80. The zero-order valence-corrected chi connectivity index (χ0v) is 29.6. The van der Waals surface area contributed by atoms with Crippen molar-refractivity contribution in [3.63, 3.8) is 0 Å². The number of halogens is 2. The summed E-state index contributed by atoms with van der Waals surface area (Å²) in [5, 5.41) is 12.1. The number of hydrogen-bond donors (Lipinski definition) is 1. The molecule has 3 saturated heterocycles. The van der Waals surface area contributed by atoms with Crippen LogP contribution >= 0.6 is 0 Å². The molecule has 0 saturated carbocycles. The van der Waals surface area contributed by atoms with E-state index in [0.29, 0.717) is 0 Å². The normalized spacial score (nSPS) is 29.8. The second-order valence-corrected chi connectivity index (χ2v) is 14.6. The van der Waals surface area contributed by atoms with Crippen LogP contribution in [0, 0.1) is 0 Å².